The molecule has 0 N–H and O–H groups in total. The van der Waals surface area contributed by atoms with E-state index in [0.717, 1.165) is 31.6 Å². The molecule has 1 aromatic rings. The van der Waals surface area contributed by atoms with E-state index in [9.17, 15) is 0 Å². The summed E-state index contributed by atoms with van der Waals surface area (Å²) >= 11 is 0. The molecule has 5 aliphatic rings. The minimum atomic E-state index is -0.517. The lowest BCUT2D eigenvalue weighted by atomic mass is 9.50. The van der Waals surface area contributed by atoms with Crippen LogP contribution in [0.15, 0.2) is 12.1 Å². The Hall–Kier alpha value is -1.10. The van der Waals surface area contributed by atoms with Gasteiger partial charge in [0.05, 0.1) is 13.2 Å². The van der Waals surface area contributed by atoms with Crippen molar-refractivity contribution in [2.45, 2.75) is 56.0 Å². The molecule has 4 atom stereocenters. The fraction of sp³-hybridized carbons (Fsp3) is 0.700. The van der Waals surface area contributed by atoms with Gasteiger partial charge in [0, 0.05) is 23.4 Å². The third-order valence-corrected chi connectivity index (χ3v) is 7.59. The molecular formula is C20H25NO3. The lowest BCUT2D eigenvalue weighted by Gasteiger charge is -2.60. The molecule has 1 aromatic carbocycles. The first kappa shape index (κ1) is 14.1. The molecular weight excluding hydrogens is 302 g/mol. The summed E-state index contributed by atoms with van der Waals surface area (Å²) in [6.07, 6.45) is 4.50. The second-order valence-corrected chi connectivity index (χ2v) is 8.44. The number of piperidine rings is 1. The molecule has 3 fully saturated rings. The highest BCUT2D eigenvalue weighted by atomic mass is 16.8. The Morgan fingerprint density at radius 3 is 2.83 bits per heavy atom. The van der Waals surface area contributed by atoms with Gasteiger partial charge >= 0.3 is 0 Å². The predicted octanol–water partition coefficient (Wildman–Crippen LogP) is 2.41. The van der Waals surface area contributed by atoms with E-state index in [1.165, 1.54) is 23.1 Å². The van der Waals surface area contributed by atoms with Crippen molar-refractivity contribution >= 4 is 0 Å². The zero-order valence-electron chi connectivity index (χ0n) is 14.5. The molecule has 0 unspecified atom stereocenters. The summed E-state index contributed by atoms with van der Waals surface area (Å²) in [5.74, 6) is 1.29. The zero-order valence-corrected chi connectivity index (χ0v) is 14.5. The number of aryl methyl sites for hydroxylation is 1. The van der Waals surface area contributed by atoms with Gasteiger partial charge in [0.2, 0.25) is 5.79 Å². The molecule has 0 radical (unpaired) electrons. The smallest absolute Gasteiger partial charge is 0.206 e. The van der Waals surface area contributed by atoms with Gasteiger partial charge in [-0.05, 0) is 56.8 Å². The summed E-state index contributed by atoms with van der Waals surface area (Å²) in [5, 5.41) is 0. The summed E-state index contributed by atoms with van der Waals surface area (Å²) in [6.45, 7) is 4.73. The monoisotopic (exact) mass is 327 g/mol. The summed E-state index contributed by atoms with van der Waals surface area (Å²) in [5.41, 5.74) is 4.37. The van der Waals surface area contributed by atoms with Crippen molar-refractivity contribution in [3.8, 4) is 5.75 Å². The minimum absolute atomic E-state index is 0.0256. The van der Waals surface area contributed by atoms with Gasteiger partial charge in [-0.3, -0.25) is 0 Å². The van der Waals surface area contributed by atoms with Crippen molar-refractivity contribution in [3.63, 3.8) is 0 Å². The van der Waals surface area contributed by atoms with Crippen LogP contribution in [-0.2, 0) is 21.3 Å². The Balaban J connectivity index is 1.63. The van der Waals surface area contributed by atoms with Crippen LogP contribution in [0.25, 0.3) is 0 Å². The zero-order chi connectivity index (χ0) is 16.1. The Bertz CT molecular complexity index is 726. The number of likely N-dealkylation sites (N-methyl/N-ethyl adjacent to an activating group) is 1. The molecule has 4 nitrogen and oxygen atoms in total. The van der Waals surface area contributed by atoms with Crippen molar-refractivity contribution in [2.24, 2.45) is 5.92 Å². The van der Waals surface area contributed by atoms with E-state index in [1.54, 1.807) is 0 Å². The lowest BCUT2D eigenvalue weighted by Crippen LogP contribution is -2.69. The van der Waals surface area contributed by atoms with Crippen LogP contribution in [0.3, 0.4) is 0 Å². The van der Waals surface area contributed by atoms with Crippen LogP contribution in [0.5, 0.6) is 5.75 Å². The highest BCUT2D eigenvalue weighted by Crippen LogP contribution is 2.65. The SMILES string of the molecule is Cc1ccc2c3c1O[C@H]1C4(CC[C@H]5[C@@H](C2)N(C)CC[C@@]351)OCCO4. The van der Waals surface area contributed by atoms with E-state index in [-0.39, 0.29) is 11.5 Å². The second kappa shape index (κ2) is 4.35. The van der Waals surface area contributed by atoms with Gasteiger partial charge in [-0.1, -0.05) is 12.1 Å². The lowest BCUT2D eigenvalue weighted by molar-refractivity contribution is -0.260. The molecule has 3 aliphatic heterocycles. The third-order valence-electron chi connectivity index (χ3n) is 7.59. The van der Waals surface area contributed by atoms with Crippen LogP contribution >= 0.6 is 0 Å². The normalized spacial score (nSPS) is 41.3. The van der Waals surface area contributed by atoms with Crippen molar-refractivity contribution in [3.05, 3.63) is 28.8 Å². The third kappa shape index (κ3) is 1.40. The van der Waals surface area contributed by atoms with Crippen molar-refractivity contribution in [1.29, 1.82) is 0 Å². The van der Waals surface area contributed by atoms with Crippen LogP contribution in [0, 0.1) is 12.8 Å². The van der Waals surface area contributed by atoms with Crippen LogP contribution in [0.1, 0.15) is 36.0 Å². The maximum atomic E-state index is 6.71. The maximum Gasteiger partial charge on any atom is 0.206 e. The van der Waals surface area contributed by atoms with Gasteiger partial charge in [-0.15, -0.1) is 0 Å². The summed E-state index contributed by atoms with van der Waals surface area (Å²) in [6, 6.07) is 5.22. The minimum Gasteiger partial charge on any atom is -0.483 e. The Kier molecular flexibility index (Phi) is 2.56. The molecule has 2 saturated heterocycles. The standard InChI is InChI=1S/C20H25NO3/c1-12-3-4-13-11-15-14-5-6-20(22-9-10-23-20)18-19(14,7-8-21(15)2)16(13)17(12)24-18/h3-4,14-15,18H,5-11H2,1-2H3/t14-,15+,18+,19-/m0/s1. The average Bonchev–Trinajstić information content (AvgIpc) is 3.18. The first-order valence-electron chi connectivity index (χ1n) is 9.43. The molecule has 3 heterocycles. The highest BCUT2D eigenvalue weighted by Gasteiger charge is 2.70. The van der Waals surface area contributed by atoms with Gasteiger partial charge in [-0.25, -0.2) is 0 Å². The molecule has 2 aliphatic carbocycles. The number of benzene rings is 1. The quantitative estimate of drug-likeness (QED) is 0.732. The Morgan fingerprint density at radius 2 is 2.00 bits per heavy atom. The second-order valence-electron chi connectivity index (χ2n) is 8.44. The van der Waals surface area contributed by atoms with Crippen LogP contribution in [-0.4, -0.2) is 49.6 Å². The molecule has 1 saturated carbocycles. The number of fused-ring (bicyclic) bond motifs is 1. The average molecular weight is 327 g/mol. The number of ether oxygens (including phenoxy) is 3. The topological polar surface area (TPSA) is 30.9 Å². The number of rotatable bonds is 0. The van der Waals surface area contributed by atoms with E-state index >= 15 is 0 Å². The first-order chi connectivity index (χ1) is 11.7. The fourth-order valence-electron chi connectivity index (χ4n) is 6.62. The van der Waals surface area contributed by atoms with E-state index in [1.807, 2.05) is 0 Å². The molecule has 4 heteroatoms. The Morgan fingerprint density at radius 1 is 1.17 bits per heavy atom. The van der Waals surface area contributed by atoms with Crippen molar-refractivity contribution < 1.29 is 14.2 Å². The number of hydrogen-bond donors (Lipinski definition) is 0. The van der Waals surface area contributed by atoms with Crippen molar-refractivity contribution in [2.75, 3.05) is 26.8 Å². The Labute approximate surface area is 143 Å². The summed E-state index contributed by atoms with van der Waals surface area (Å²) in [7, 11) is 2.30. The summed E-state index contributed by atoms with van der Waals surface area (Å²) < 4.78 is 19.2. The molecule has 0 aromatic heterocycles. The highest BCUT2D eigenvalue weighted by molar-refractivity contribution is 5.58. The van der Waals surface area contributed by atoms with Gasteiger partial charge in [0.25, 0.3) is 0 Å². The van der Waals surface area contributed by atoms with E-state index in [0.29, 0.717) is 25.2 Å². The van der Waals surface area contributed by atoms with Gasteiger partial charge in [0.15, 0.2) is 6.10 Å². The van der Waals surface area contributed by atoms with Gasteiger partial charge in [-0.2, -0.15) is 0 Å². The van der Waals surface area contributed by atoms with E-state index < -0.39 is 5.79 Å². The molecule has 2 spiro atoms. The first-order valence-corrected chi connectivity index (χ1v) is 9.43. The number of hydrogen-bond acceptors (Lipinski definition) is 4. The maximum absolute atomic E-state index is 6.71. The van der Waals surface area contributed by atoms with Crippen LogP contribution < -0.4 is 4.74 Å². The molecule has 24 heavy (non-hydrogen) atoms. The molecule has 0 amide bonds. The van der Waals surface area contributed by atoms with E-state index in [2.05, 4.69) is 31.0 Å². The molecule has 6 rings (SSSR count). The molecule has 128 valence electrons. The van der Waals surface area contributed by atoms with E-state index in [4.69, 9.17) is 14.2 Å². The predicted molar refractivity (Wildman–Crippen MR) is 89.4 cm³/mol. The number of likely N-dealkylation sites (tertiary alicyclic amines) is 1. The van der Waals surface area contributed by atoms with Gasteiger partial charge < -0.3 is 19.1 Å². The van der Waals surface area contributed by atoms with Crippen molar-refractivity contribution in [1.82, 2.24) is 4.90 Å². The molecule has 2 bridgehead atoms. The van der Waals surface area contributed by atoms with Crippen LogP contribution in [0.2, 0.25) is 0 Å². The van der Waals surface area contributed by atoms with Gasteiger partial charge in [0.1, 0.15) is 5.75 Å². The fourth-order valence-corrected chi connectivity index (χ4v) is 6.62. The summed E-state index contributed by atoms with van der Waals surface area (Å²) in [4.78, 5) is 2.59. The largest absolute Gasteiger partial charge is 0.483 e. The number of nitrogens with zero attached hydrogens (tertiary/aromatic N) is 1. The van der Waals surface area contributed by atoms with Crippen LogP contribution in [0.4, 0.5) is 0 Å².